The highest BCUT2D eigenvalue weighted by Gasteiger charge is 2.25. The van der Waals surface area contributed by atoms with Gasteiger partial charge in [0.25, 0.3) is 0 Å². The molecule has 2 aliphatic rings. The van der Waals surface area contributed by atoms with Gasteiger partial charge in [0, 0.05) is 11.9 Å². The average molecular weight is 262 g/mol. The lowest BCUT2D eigenvalue weighted by Gasteiger charge is -2.25. The second kappa shape index (κ2) is 6.15. The summed E-state index contributed by atoms with van der Waals surface area (Å²) < 4.78 is 0. The minimum absolute atomic E-state index is 0.226. The fourth-order valence-electron chi connectivity index (χ4n) is 2.47. The maximum Gasteiger partial charge on any atom is 0.233 e. The van der Waals surface area contributed by atoms with Crippen LogP contribution < -0.4 is 5.32 Å². The van der Waals surface area contributed by atoms with Gasteiger partial charge in [-0.25, -0.2) is 0 Å². The molecule has 0 aromatic heterocycles. The van der Waals surface area contributed by atoms with Crippen molar-refractivity contribution in [1.82, 2.24) is 5.32 Å². The van der Waals surface area contributed by atoms with Gasteiger partial charge >= 0.3 is 0 Å². The van der Waals surface area contributed by atoms with Crippen molar-refractivity contribution in [3.63, 3.8) is 0 Å². The van der Waals surface area contributed by atoms with Crippen LogP contribution in [0.2, 0.25) is 0 Å². The van der Waals surface area contributed by atoms with Crippen LogP contribution in [-0.4, -0.2) is 28.8 Å². The topological polar surface area (TPSA) is 29.1 Å². The number of amides is 1. The summed E-state index contributed by atoms with van der Waals surface area (Å²) in [5.41, 5.74) is 0. The van der Waals surface area contributed by atoms with Gasteiger partial charge in [-0.05, 0) is 50.2 Å². The van der Waals surface area contributed by atoms with Gasteiger partial charge in [-0.15, -0.1) is 23.4 Å². The average Bonchev–Trinajstić information content (AvgIpc) is 2.81. The molecule has 0 radical (unpaired) electrons. The molecule has 1 heterocycles. The largest absolute Gasteiger partial charge is 0.355 e. The first-order valence-electron chi connectivity index (χ1n) is 6.29. The molecule has 4 heteroatoms. The Labute approximate surface area is 107 Å². The molecule has 1 N–H and O–H groups in total. The molecule has 0 bridgehead atoms. The van der Waals surface area contributed by atoms with Crippen molar-refractivity contribution in [2.24, 2.45) is 5.92 Å². The van der Waals surface area contributed by atoms with E-state index < -0.39 is 0 Å². The fourth-order valence-corrected chi connectivity index (χ4v) is 3.91. The van der Waals surface area contributed by atoms with Crippen molar-refractivity contribution in [1.29, 1.82) is 0 Å². The Bertz CT molecular complexity index is 235. The predicted molar refractivity (Wildman–Crippen MR) is 70.1 cm³/mol. The molecular weight excluding hydrogens is 242 g/mol. The number of rotatable bonds is 3. The van der Waals surface area contributed by atoms with Crippen LogP contribution in [0.3, 0.4) is 0 Å². The zero-order valence-corrected chi connectivity index (χ0v) is 11.2. The maximum absolute atomic E-state index is 11.8. The Balaban J connectivity index is 1.65. The van der Waals surface area contributed by atoms with Gasteiger partial charge in [-0.2, -0.15) is 0 Å². The number of hydrogen-bond donors (Lipinski definition) is 1. The summed E-state index contributed by atoms with van der Waals surface area (Å²) in [4.78, 5) is 11.8. The number of carbonyl (C=O) groups excluding carboxylic acids is 1. The first kappa shape index (κ1) is 12.6. The lowest BCUT2D eigenvalue weighted by Crippen LogP contribution is -2.36. The summed E-state index contributed by atoms with van der Waals surface area (Å²) in [6, 6.07) is 0. The molecule has 0 spiro atoms. The molecule has 16 heavy (non-hydrogen) atoms. The standard InChI is InChI=1S/C12H20ClNOS/c13-10-5-3-9(4-6-10)8-14-12(15)11-2-1-7-16-11/h9-11H,1-8H2,(H,14,15). The van der Waals surface area contributed by atoms with Gasteiger partial charge in [-0.3, -0.25) is 4.79 Å². The SMILES string of the molecule is O=C(NCC1CCC(Cl)CC1)C1CCCS1. The van der Waals surface area contributed by atoms with Crippen LogP contribution in [0.1, 0.15) is 38.5 Å². The summed E-state index contributed by atoms with van der Waals surface area (Å²) in [7, 11) is 0. The van der Waals surface area contributed by atoms with E-state index in [2.05, 4.69) is 5.32 Å². The van der Waals surface area contributed by atoms with Gasteiger partial charge in [0.2, 0.25) is 5.91 Å². The number of hydrogen-bond acceptors (Lipinski definition) is 2. The van der Waals surface area contributed by atoms with Crippen LogP contribution in [0.5, 0.6) is 0 Å². The third-order valence-electron chi connectivity index (χ3n) is 3.56. The minimum Gasteiger partial charge on any atom is -0.355 e. The van der Waals surface area contributed by atoms with Crippen LogP contribution in [0, 0.1) is 5.92 Å². The van der Waals surface area contributed by atoms with Gasteiger partial charge in [0.1, 0.15) is 0 Å². The second-order valence-electron chi connectivity index (χ2n) is 4.86. The summed E-state index contributed by atoms with van der Waals surface area (Å²) in [6.45, 7) is 0.861. The van der Waals surface area contributed by atoms with Crippen molar-refractivity contribution in [2.45, 2.75) is 49.2 Å². The monoisotopic (exact) mass is 261 g/mol. The van der Waals surface area contributed by atoms with Crippen LogP contribution in [0.15, 0.2) is 0 Å². The fraction of sp³-hybridized carbons (Fsp3) is 0.917. The molecule has 92 valence electrons. The van der Waals surface area contributed by atoms with E-state index in [1.54, 1.807) is 11.8 Å². The molecule has 2 rings (SSSR count). The van der Waals surface area contributed by atoms with E-state index in [-0.39, 0.29) is 11.2 Å². The van der Waals surface area contributed by atoms with Crippen LogP contribution in [0.25, 0.3) is 0 Å². The minimum atomic E-state index is 0.226. The molecule has 1 saturated heterocycles. The molecule has 1 saturated carbocycles. The zero-order valence-electron chi connectivity index (χ0n) is 9.58. The van der Waals surface area contributed by atoms with Crippen molar-refractivity contribution >= 4 is 29.3 Å². The van der Waals surface area contributed by atoms with E-state index >= 15 is 0 Å². The van der Waals surface area contributed by atoms with E-state index in [1.165, 1.54) is 19.3 Å². The lowest BCUT2D eigenvalue weighted by molar-refractivity contribution is -0.120. The van der Waals surface area contributed by atoms with Crippen molar-refractivity contribution in [3.05, 3.63) is 0 Å². The molecule has 1 unspecified atom stereocenters. The molecular formula is C12H20ClNOS. The summed E-state index contributed by atoms with van der Waals surface area (Å²) in [6.07, 6.45) is 6.82. The quantitative estimate of drug-likeness (QED) is 0.792. The van der Waals surface area contributed by atoms with Crippen LogP contribution >= 0.6 is 23.4 Å². The Morgan fingerprint density at radius 2 is 2.00 bits per heavy atom. The van der Waals surface area contributed by atoms with Crippen molar-refractivity contribution in [3.8, 4) is 0 Å². The third-order valence-corrected chi connectivity index (χ3v) is 5.38. The Morgan fingerprint density at radius 3 is 2.62 bits per heavy atom. The molecule has 2 fully saturated rings. The van der Waals surface area contributed by atoms with E-state index in [0.29, 0.717) is 11.3 Å². The smallest absolute Gasteiger partial charge is 0.233 e. The van der Waals surface area contributed by atoms with Crippen LogP contribution in [-0.2, 0) is 4.79 Å². The van der Waals surface area contributed by atoms with Gasteiger partial charge < -0.3 is 5.32 Å². The van der Waals surface area contributed by atoms with E-state index in [4.69, 9.17) is 11.6 Å². The number of carbonyl (C=O) groups is 1. The molecule has 0 aromatic carbocycles. The summed E-state index contributed by atoms with van der Waals surface area (Å²) in [5.74, 6) is 2.07. The normalized spacial score (nSPS) is 34.9. The van der Waals surface area contributed by atoms with Crippen LogP contribution in [0.4, 0.5) is 0 Å². The van der Waals surface area contributed by atoms with E-state index in [0.717, 1.165) is 31.6 Å². The highest BCUT2D eigenvalue weighted by atomic mass is 35.5. The number of alkyl halides is 1. The third kappa shape index (κ3) is 3.56. The number of halogens is 1. The Hall–Kier alpha value is 0.110. The molecule has 0 aromatic rings. The Kier molecular flexibility index (Phi) is 4.83. The van der Waals surface area contributed by atoms with Crippen molar-refractivity contribution in [2.75, 3.05) is 12.3 Å². The number of nitrogens with one attached hydrogen (secondary N) is 1. The van der Waals surface area contributed by atoms with Crippen molar-refractivity contribution < 1.29 is 4.79 Å². The molecule has 1 atom stereocenters. The first-order valence-corrected chi connectivity index (χ1v) is 7.77. The van der Waals surface area contributed by atoms with E-state index in [1.807, 2.05) is 0 Å². The zero-order chi connectivity index (χ0) is 11.4. The highest BCUT2D eigenvalue weighted by Crippen LogP contribution is 2.28. The molecule has 1 aliphatic carbocycles. The van der Waals surface area contributed by atoms with Gasteiger partial charge in [0.15, 0.2) is 0 Å². The molecule has 1 aliphatic heterocycles. The predicted octanol–water partition coefficient (Wildman–Crippen LogP) is 2.80. The molecule has 2 nitrogen and oxygen atoms in total. The number of thioether (sulfide) groups is 1. The summed E-state index contributed by atoms with van der Waals surface area (Å²) >= 11 is 7.86. The maximum atomic E-state index is 11.8. The lowest BCUT2D eigenvalue weighted by atomic mass is 9.89. The van der Waals surface area contributed by atoms with Gasteiger partial charge in [0.05, 0.1) is 5.25 Å². The van der Waals surface area contributed by atoms with E-state index in [9.17, 15) is 4.79 Å². The molecule has 1 amide bonds. The summed E-state index contributed by atoms with van der Waals surface area (Å²) in [5, 5.41) is 3.71. The highest BCUT2D eigenvalue weighted by molar-refractivity contribution is 8.00. The first-order chi connectivity index (χ1) is 7.75. The Morgan fingerprint density at radius 1 is 1.25 bits per heavy atom. The van der Waals surface area contributed by atoms with Gasteiger partial charge in [-0.1, -0.05) is 0 Å². The second-order valence-corrected chi connectivity index (χ2v) is 6.79.